The molecule has 0 unspecified atom stereocenters. The molecule has 37 heavy (non-hydrogen) atoms. The lowest BCUT2D eigenvalue weighted by Gasteiger charge is -2.41. The fourth-order valence-corrected chi connectivity index (χ4v) is 4.17. The van der Waals surface area contributed by atoms with Gasteiger partial charge in [-0.25, -0.2) is 14.6 Å². The van der Waals surface area contributed by atoms with Crippen LogP contribution in [0.5, 0.6) is 5.88 Å². The lowest BCUT2D eigenvalue weighted by atomic mass is 9.90. The SMILES string of the molecule is O=C(C=Cc1ccc(OC2CCN(C3CCC3)CC2)nc1)N1CCOCC1.O=C(O)[C@H](O)[C@@H](O)C(=O)O. The van der Waals surface area contributed by atoms with Gasteiger partial charge in [-0.1, -0.05) is 6.42 Å². The number of likely N-dealkylation sites (tertiary alicyclic amines) is 1. The molecule has 1 amide bonds. The number of pyridine rings is 1. The zero-order chi connectivity index (χ0) is 26.8. The van der Waals surface area contributed by atoms with Gasteiger partial charge in [0, 0.05) is 50.6 Å². The predicted molar refractivity (Wildman–Crippen MR) is 131 cm³/mol. The molecular formula is C25H35N3O9. The Morgan fingerprint density at radius 1 is 0.973 bits per heavy atom. The molecule has 1 aromatic heterocycles. The molecule has 12 nitrogen and oxygen atoms in total. The number of hydrogen-bond donors (Lipinski definition) is 4. The van der Waals surface area contributed by atoms with E-state index in [0.717, 1.165) is 37.5 Å². The zero-order valence-electron chi connectivity index (χ0n) is 20.6. The van der Waals surface area contributed by atoms with Gasteiger partial charge >= 0.3 is 11.9 Å². The number of carboxylic acids is 2. The lowest BCUT2D eigenvalue weighted by Crippen LogP contribution is -2.46. The molecule has 4 N–H and O–H groups in total. The molecule has 2 atom stereocenters. The van der Waals surface area contributed by atoms with Crippen molar-refractivity contribution in [2.75, 3.05) is 39.4 Å². The van der Waals surface area contributed by atoms with Crippen LogP contribution >= 0.6 is 0 Å². The van der Waals surface area contributed by atoms with Gasteiger partial charge < -0.3 is 39.7 Å². The van der Waals surface area contributed by atoms with Crippen LogP contribution in [0.1, 0.15) is 37.7 Å². The first-order valence-corrected chi connectivity index (χ1v) is 12.5. The van der Waals surface area contributed by atoms with E-state index in [4.69, 9.17) is 29.9 Å². The number of carbonyl (C=O) groups is 3. The molecule has 1 saturated carbocycles. The van der Waals surface area contributed by atoms with Gasteiger partial charge in [0.05, 0.1) is 13.2 Å². The summed E-state index contributed by atoms with van der Waals surface area (Å²) >= 11 is 0. The number of amides is 1. The van der Waals surface area contributed by atoms with E-state index in [0.29, 0.717) is 32.2 Å². The molecule has 1 aliphatic carbocycles. The van der Waals surface area contributed by atoms with E-state index in [-0.39, 0.29) is 12.0 Å². The number of carbonyl (C=O) groups excluding carboxylic acids is 1. The van der Waals surface area contributed by atoms with Crippen molar-refractivity contribution in [3.05, 3.63) is 30.0 Å². The molecule has 1 aromatic rings. The predicted octanol–water partition coefficient (Wildman–Crippen LogP) is 0.227. The van der Waals surface area contributed by atoms with E-state index in [1.165, 1.54) is 19.3 Å². The quantitative estimate of drug-likeness (QED) is 0.345. The van der Waals surface area contributed by atoms with Crippen LogP contribution < -0.4 is 4.74 Å². The van der Waals surface area contributed by atoms with Crippen LogP contribution in [0.15, 0.2) is 24.4 Å². The van der Waals surface area contributed by atoms with E-state index in [9.17, 15) is 14.4 Å². The molecule has 3 fully saturated rings. The minimum absolute atomic E-state index is 0.0249. The molecule has 0 radical (unpaired) electrons. The molecule has 0 bridgehead atoms. The second-order valence-electron chi connectivity index (χ2n) is 9.20. The average molecular weight is 522 g/mol. The maximum atomic E-state index is 12.1. The number of morpholine rings is 1. The highest BCUT2D eigenvalue weighted by Crippen LogP contribution is 2.28. The third-order valence-electron chi connectivity index (χ3n) is 6.66. The monoisotopic (exact) mass is 521 g/mol. The summed E-state index contributed by atoms with van der Waals surface area (Å²) in [5, 5.41) is 32.5. The van der Waals surface area contributed by atoms with Gasteiger partial charge in [0.25, 0.3) is 0 Å². The molecule has 204 valence electrons. The lowest BCUT2D eigenvalue weighted by molar-refractivity contribution is -0.165. The minimum atomic E-state index is -2.27. The number of piperidine rings is 1. The molecule has 3 aliphatic rings. The van der Waals surface area contributed by atoms with Crippen molar-refractivity contribution in [2.24, 2.45) is 0 Å². The van der Waals surface area contributed by atoms with Crippen molar-refractivity contribution in [1.29, 1.82) is 0 Å². The van der Waals surface area contributed by atoms with Crippen molar-refractivity contribution in [3.63, 3.8) is 0 Å². The Morgan fingerprint density at radius 2 is 1.59 bits per heavy atom. The first-order valence-electron chi connectivity index (χ1n) is 12.5. The van der Waals surface area contributed by atoms with E-state index in [2.05, 4.69) is 9.88 Å². The van der Waals surface area contributed by atoms with Crippen molar-refractivity contribution < 1.29 is 44.3 Å². The molecule has 0 aromatic carbocycles. The number of ether oxygens (including phenoxy) is 2. The van der Waals surface area contributed by atoms with Crippen molar-refractivity contribution in [2.45, 2.75) is 56.5 Å². The number of nitrogens with zero attached hydrogens (tertiary/aromatic N) is 3. The number of aliphatic carboxylic acids is 2. The highest BCUT2D eigenvalue weighted by Gasteiger charge is 2.30. The summed E-state index contributed by atoms with van der Waals surface area (Å²) < 4.78 is 11.3. The Kier molecular flexibility index (Phi) is 10.8. The molecule has 2 aliphatic heterocycles. The Bertz CT molecular complexity index is 904. The summed E-state index contributed by atoms with van der Waals surface area (Å²) in [5.74, 6) is -2.84. The van der Waals surface area contributed by atoms with E-state index in [1.807, 2.05) is 18.2 Å². The van der Waals surface area contributed by atoms with Gasteiger partial charge in [-0.3, -0.25) is 4.79 Å². The van der Waals surface area contributed by atoms with Crippen molar-refractivity contribution in [1.82, 2.24) is 14.8 Å². The highest BCUT2D eigenvalue weighted by molar-refractivity contribution is 5.91. The van der Waals surface area contributed by atoms with Gasteiger partial charge in [0.2, 0.25) is 11.8 Å². The number of carboxylic acid groups (broad SMARTS) is 2. The zero-order valence-corrected chi connectivity index (χ0v) is 20.6. The molecule has 2 saturated heterocycles. The van der Waals surface area contributed by atoms with Gasteiger partial charge in [-0.05, 0) is 43.4 Å². The molecule has 12 heteroatoms. The highest BCUT2D eigenvalue weighted by atomic mass is 16.5. The number of hydrogen-bond acceptors (Lipinski definition) is 9. The maximum absolute atomic E-state index is 12.1. The minimum Gasteiger partial charge on any atom is -0.479 e. The van der Waals surface area contributed by atoms with Crippen LogP contribution in [0, 0.1) is 0 Å². The Labute approximate surface area is 215 Å². The summed E-state index contributed by atoms with van der Waals surface area (Å²) in [5.41, 5.74) is 0.906. The second-order valence-corrected chi connectivity index (χ2v) is 9.20. The largest absolute Gasteiger partial charge is 0.479 e. The van der Waals surface area contributed by atoms with Gasteiger partial charge in [0.1, 0.15) is 6.10 Å². The second kappa shape index (κ2) is 14.0. The smallest absolute Gasteiger partial charge is 0.335 e. The van der Waals surface area contributed by atoms with Crippen molar-refractivity contribution >= 4 is 23.9 Å². The number of aliphatic hydroxyl groups is 2. The standard InChI is InChI=1S/C21H29N3O3.C4H6O6/c25-21(24-12-14-26-15-13-24)7-5-17-4-6-20(22-16-17)27-19-8-10-23(11-9-19)18-2-1-3-18;5-1(3(7)8)2(6)4(9)10/h4-7,16,18-19H,1-3,8-15H2;1-2,5-6H,(H,7,8)(H,9,10)/t;1-,2-/m.1/s1. The van der Waals surface area contributed by atoms with Crippen molar-refractivity contribution in [3.8, 4) is 5.88 Å². The van der Waals surface area contributed by atoms with E-state index < -0.39 is 24.1 Å². The van der Waals surface area contributed by atoms with Crippen LogP contribution in [-0.4, -0.2) is 117 Å². The first-order chi connectivity index (χ1) is 17.7. The van der Waals surface area contributed by atoms with E-state index in [1.54, 1.807) is 17.2 Å². The summed E-state index contributed by atoms with van der Waals surface area (Å²) in [6.45, 7) is 4.83. The number of aliphatic hydroxyl groups excluding tert-OH is 2. The molecule has 4 rings (SSSR count). The van der Waals surface area contributed by atoms with Crippen LogP contribution in [0.4, 0.5) is 0 Å². The topological polar surface area (TPSA) is 170 Å². The Hall–Kier alpha value is -3.06. The Morgan fingerprint density at radius 3 is 2.08 bits per heavy atom. The van der Waals surface area contributed by atoms with Gasteiger partial charge in [-0.2, -0.15) is 0 Å². The first kappa shape index (κ1) is 28.5. The maximum Gasteiger partial charge on any atom is 0.335 e. The van der Waals surface area contributed by atoms with Crippen LogP contribution in [-0.2, 0) is 19.1 Å². The fourth-order valence-electron chi connectivity index (χ4n) is 4.17. The van der Waals surface area contributed by atoms with Crippen LogP contribution in [0.2, 0.25) is 0 Å². The summed E-state index contributed by atoms with van der Waals surface area (Å²) in [4.78, 5) is 40.5. The molecule has 3 heterocycles. The summed E-state index contributed by atoms with van der Waals surface area (Å²) in [6.07, 6.45) is 7.21. The Balaban J connectivity index is 0.000000325. The number of rotatable bonds is 8. The van der Waals surface area contributed by atoms with Gasteiger partial charge in [-0.15, -0.1) is 0 Å². The summed E-state index contributed by atoms with van der Waals surface area (Å²) in [7, 11) is 0. The summed E-state index contributed by atoms with van der Waals surface area (Å²) in [6, 6.07) is 4.68. The van der Waals surface area contributed by atoms with Crippen LogP contribution in [0.25, 0.3) is 6.08 Å². The third-order valence-corrected chi connectivity index (χ3v) is 6.66. The fraction of sp³-hybridized carbons (Fsp3) is 0.600. The van der Waals surface area contributed by atoms with Gasteiger partial charge in [0.15, 0.2) is 12.2 Å². The third kappa shape index (κ3) is 8.78. The normalized spacial score (nSPS) is 20.9. The average Bonchev–Trinajstić information content (AvgIpc) is 2.88. The number of aromatic nitrogens is 1. The van der Waals surface area contributed by atoms with E-state index >= 15 is 0 Å². The molecule has 0 spiro atoms. The molecular weight excluding hydrogens is 486 g/mol. The van der Waals surface area contributed by atoms with Crippen LogP contribution in [0.3, 0.4) is 0 Å².